The number of halogens is 1. The van der Waals surface area contributed by atoms with Crippen molar-refractivity contribution >= 4 is 17.5 Å². The summed E-state index contributed by atoms with van der Waals surface area (Å²) in [5.74, 6) is -0.372. The Kier molecular flexibility index (Phi) is 9.05. The lowest BCUT2D eigenvalue weighted by Crippen LogP contribution is -2.10. The van der Waals surface area contributed by atoms with Gasteiger partial charge >= 0.3 is 0 Å². The van der Waals surface area contributed by atoms with Crippen LogP contribution in [0.1, 0.15) is 35.3 Å². The summed E-state index contributed by atoms with van der Waals surface area (Å²) in [7, 11) is 0. The second kappa shape index (κ2) is 9.98. The van der Waals surface area contributed by atoms with Crippen LogP contribution in [0.15, 0.2) is 42.6 Å². The molecule has 2 rings (SSSR count). The van der Waals surface area contributed by atoms with Crippen molar-refractivity contribution in [3.05, 3.63) is 64.4 Å². The van der Waals surface area contributed by atoms with Crippen LogP contribution in [0.3, 0.4) is 0 Å². The maximum Gasteiger partial charge on any atom is 0.248 e. The fraction of sp³-hybridized carbons (Fsp3) is 0.250. The van der Waals surface area contributed by atoms with Crippen LogP contribution in [0.2, 0.25) is 5.15 Å². The van der Waals surface area contributed by atoms with E-state index in [1.54, 1.807) is 24.4 Å². The quantitative estimate of drug-likeness (QED) is 0.802. The van der Waals surface area contributed by atoms with Gasteiger partial charge in [-0.25, -0.2) is 4.98 Å². The summed E-state index contributed by atoms with van der Waals surface area (Å²) in [5.41, 5.74) is 7.80. The van der Waals surface area contributed by atoms with Crippen molar-refractivity contribution in [2.75, 3.05) is 0 Å². The molecule has 4 heteroatoms. The van der Waals surface area contributed by atoms with E-state index in [4.69, 9.17) is 17.3 Å². The molecule has 0 bridgehead atoms. The molecule has 0 unspecified atom stereocenters. The molecule has 0 fully saturated rings. The van der Waals surface area contributed by atoms with Gasteiger partial charge in [-0.2, -0.15) is 0 Å². The Labute approximate surface area is 125 Å². The van der Waals surface area contributed by atoms with Crippen LogP contribution in [-0.4, -0.2) is 10.9 Å². The Hall–Kier alpha value is -1.87. The molecule has 0 saturated carbocycles. The Morgan fingerprint density at radius 1 is 1.10 bits per heavy atom. The molecule has 1 aromatic heterocycles. The molecule has 0 aliphatic rings. The molecule has 108 valence electrons. The van der Waals surface area contributed by atoms with Crippen LogP contribution >= 0.6 is 11.6 Å². The van der Waals surface area contributed by atoms with Crippen LogP contribution in [0, 0.1) is 13.8 Å². The number of aryl methyl sites for hydroxylation is 2. The summed E-state index contributed by atoms with van der Waals surface area (Å²) in [5, 5.41) is 0.551. The number of aromatic nitrogens is 1. The van der Waals surface area contributed by atoms with Crippen molar-refractivity contribution in [2.24, 2.45) is 5.73 Å². The standard InChI is InChI=1S/C8H9NO.C6H6ClN.C2H6/c1-6-3-2-4-7(5-6)8(9)10;1-5-2-3-6(7)8-4-5;1-2/h2-5H,1H3,(H2,9,10);2-4H,1H3;1-2H3. The lowest BCUT2D eigenvalue weighted by molar-refractivity contribution is 0.1000. The highest BCUT2D eigenvalue weighted by Gasteiger charge is 1.96. The van der Waals surface area contributed by atoms with Gasteiger partial charge in [0.1, 0.15) is 5.15 Å². The molecule has 0 aliphatic carbocycles. The van der Waals surface area contributed by atoms with E-state index in [1.165, 1.54) is 0 Å². The number of rotatable bonds is 1. The first-order valence-electron chi connectivity index (χ1n) is 6.43. The van der Waals surface area contributed by atoms with Crippen molar-refractivity contribution < 1.29 is 4.79 Å². The summed E-state index contributed by atoms with van der Waals surface area (Å²) in [6.07, 6.45) is 1.74. The van der Waals surface area contributed by atoms with Gasteiger partial charge in [-0.3, -0.25) is 4.79 Å². The van der Waals surface area contributed by atoms with Crippen LogP contribution in [0.5, 0.6) is 0 Å². The van der Waals surface area contributed by atoms with Crippen molar-refractivity contribution in [3.63, 3.8) is 0 Å². The lowest BCUT2D eigenvalue weighted by Gasteiger charge is -1.94. The average molecular weight is 293 g/mol. The molecule has 1 heterocycles. The van der Waals surface area contributed by atoms with E-state index < -0.39 is 0 Å². The minimum absolute atomic E-state index is 0.372. The first-order chi connectivity index (χ1) is 9.49. The Morgan fingerprint density at radius 3 is 2.10 bits per heavy atom. The van der Waals surface area contributed by atoms with Crippen molar-refractivity contribution in [2.45, 2.75) is 27.7 Å². The number of primary amides is 1. The fourth-order valence-corrected chi connectivity index (χ4v) is 1.36. The summed E-state index contributed by atoms with van der Waals surface area (Å²) in [6, 6.07) is 10.9. The fourth-order valence-electron chi connectivity index (χ4n) is 1.25. The number of hydrogen-bond donors (Lipinski definition) is 1. The normalized spacial score (nSPS) is 8.65. The number of carbonyl (C=O) groups is 1. The SMILES string of the molecule is CC.Cc1ccc(Cl)nc1.Cc1cccc(C(N)=O)c1. The summed E-state index contributed by atoms with van der Waals surface area (Å²) < 4.78 is 0. The van der Waals surface area contributed by atoms with Gasteiger partial charge in [0.2, 0.25) is 5.91 Å². The predicted molar refractivity (Wildman–Crippen MR) is 85.0 cm³/mol. The summed E-state index contributed by atoms with van der Waals surface area (Å²) in [4.78, 5) is 14.4. The largest absolute Gasteiger partial charge is 0.366 e. The minimum atomic E-state index is -0.372. The zero-order chi connectivity index (χ0) is 15.5. The monoisotopic (exact) mass is 292 g/mol. The highest BCUT2D eigenvalue weighted by molar-refractivity contribution is 6.29. The number of nitrogens with zero attached hydrogens (tertiary/aromatic N) is 1. The molecule has 20 heavy (non-hydrogen) atoms. The van der Waals surface area contributed by atoms with Crippen molar-refractivity contribution in [3.8, 4) is 0 Å². The molecule has 0 spiro atoms. The van der Waals surface area contributed by atoms with Crippen LogP contribution in [0.4, 0.5) is 0 Å². The van der Waals surface area contributed by atoms with Crippen LogP contribution in [-0.2, 0) is 0 Å². The van der Waals surface area contributed by atoms with Gasteiger partial charge in [0, 0.05) is 11.8 Å². The van der Waals surface area contributed by atoms with Crippen LogP contribution in [0.25, 0.3) is 0 Å². The second-order valence-electron chi connectivity index (χ2n) is 3.89. The maximum absolute atomic E-state index is 10.6. The van der Waals surface area contributed by atoms with E-state index in [-0.39, 0.29) is 5.91 Å². The predicted octanol–water partition coefficient (Wildman–Crippen LogP) is 4.16. The molecule has 1 aromatic carbocycles. The van der Waals surface area contributed by atoms with Gasteiger partial charge in [-0.15, -0.1) is 0 Å². The summed E-state index contributed by atoms with van der Waals surface area (Å²) >= 11 is 5.50. The molecular formula is C16H21ClN2O. The molecule has 0 saturated heterocycles. The van der Waals surface area contributed by atoms with Gasteiger partial charge in [0.25, 0.3) is 0 Å². The van der Waals surface area contributed by atoms with Gasteiger partial charge < -0.3 is 5.73 Å². The zero-order valence-corrected chi connectivity index (χ0v) is 13.1. The number of carbonyl (C=O) groups excluding carboxylic acids is 1. The molecule has 3 nitrogen and oxygen atoms in total. The van der Waals surface area contributed by atoms with Crippen molar-refractivity contribution in [1.82, 2.24) is 4.98 Å². The Bertz CT molecular complexity index is 503. The minimum Gasteiger partial charge on any atom is -0.366 e. The van der Waals surface area contributed by atoms with Gasteiger partial charge in [-0.05, 0) is 37.6 Å². The van der Waals surface area contributed by atoms with E-state index in [2.05, 4.69) is 4.98 Å². The topological polar surface area (TPSA) is 56.0 Å². The molecule has 0 atom stereocenters. The van der Waals surface area contributed by atoms with E-state index in [1.807, 2.05) is 45.9 Å². The molecule has 2 N–H and O–H groups in total. The number of benzene rings is 1. The van der Waals surface area contributed by atoms with Gasteiger partial charge in [0.05, 0.1) is 0 Å². The number of amides is 1. The van der Waals surface area contributed by atoms with E-state index in [9.17, 15) is 4.79 Å². The summed E-state index contributed by atoms with van der Waals surface area (Å²) in [6.45, 7) is 7.90. The highest BCUT2D eigenvalue weighted by atomic mass is 35.5. The highest BCUT2D eigenvalue weighted by Crippen LogP contribution is 2.03. The second-order valence-corrected chi connectivity index (χ2v) is 4.28. The molecule has 0 radical (unpaired) electrons. The first-order valence-corrected chi connectivity index (χ1v) is 6.81. The van der Waals surface area contributed by atoms with E-state index >= 15 is 0 Å². The third kappa shape index (κ3) is 7.54. The van der Waals surface area contributed by atoms with Gasteiger partial charge in [-0.1, -0.05) is 49.2 Å². The smallest absolute Gasteiger partial charge is 0.248 e. The Morgan fingerprint density at radius 2 is 1.75 bits per heavy atom. The van der Waals surface area contributed by atoms with E-state index in [0.29, 0.717) is 10.7 Å². The van der Waals surface area contributed by atoms with E-state index in [0.717, 1.165) is 11.1 Å². The molecule has 0 aliphatic heterocycles. The first kappa shape index (κ1) is 18.1. The van der Waals surface area contributed by atoms with Crippen molar-refractivity contribution in [1.29, 1.82) is 0 Å². The average Bonchev–Trinajstić information content (AvgIpc) is 2.45. The number of hydrogen-bond acceptors (Lipinski definition) is 2. The van der Waals surface area contributed by atoms with Crippen LogP contribution < -0.4 is 5.73 Å². The Balaban J connectivity index is 0.000000327. The number of nitrogens with two attached hydrogens (primary N) is 1. The molecule has 1 amide bonds. The lowest BCUT2D eigenvalue weighted by atomic mass is 10.1. The zero-order valence-electron chi connectivity index (χ0n) is 12.4. The number of pyridine rings is 1. The van der Waals surface area contributed by atoms with Gasteiger partial charge in [0.15, 0.2) is 0 Å². The third-order valence-electron chi connectivity index (χ3n) is 2.18. The molecule has 2 aromatic rings. The molecular weight excluding hydrogens is 272 g/mol. The third-order valence-corrected chi connectivity index (χ3v) is 2.40. The maximum atomic E-state index is 10.6.